The summed E-state index contributed by atoms with van der Waals surface area (Å²) >= 11 is 1.95. The molecule has 1 N–H and O–H groups in total. The highest BCUT2D eigenvalue weighted by molar-refractivity contribution is 14.1. The van der Waals surface area contributed by atoms with Crippen LogP contribution in [0.15, 0.2) is 40.7 Å². The van der Waals surface area contributed by atoms with E-state index in [0.717, 1.165) is 5.56 Å². The van der Waals surface area contributed by atoms with E-state index in [1.807, 2.05) is 40.8 Å². The molecular weight excluding hydrogens is 397 g/mol. The molecule has 1 atom stereocenters. The van der Waals surface area contributed by atoms with Crippen LogP contribution in [0.5, 0.6) is 5.75 Å². The number of halogens is 1. The molecule has 0 spiro atoms. The molecule has 0 aliphatic carbocycles. The summed E-state index contributed by atoms with van der Waals surface area (Å²) in [5.41, 5.74) is 1.16. The van der Waals surface area contributed by atoms with Gasteiger partial charge in [0.1, 0.15) is 12.4 Å². The highest BCUT2D eigenvalue weighted by Gasteiger charge is 2.08. The first-order valence-corrected chi connectivity index (χ1v) is 7.50. The summed E-state index contributed by atoms with van der Waals surface area (Å²) in [5.74, 6) is 3.47. The average molecular weight is 413 g/mol. The zero-order valence-corrected chi connectivity index (χ0v) is 14.4. The van der Waals surface area contributed by atoms with Gasteiger partial charge in [0.05, 0.1) is 5.71 Å². The number of rotatable bonds is 6. The van der Waals surface area contributed by atoms with E-state index in [0.29, 0.717) is 22.9 Å². The Kier molecular flexibility index (Phi) is 7.99. The van der Waals surface area contributed by atoms with E-state index in [9.17, 15) is 5.21 Å². The van der Waals surface area contributed by atoms with Crippen molar-refractivity contribution >= 4 is 34.4 Å². The van der Waals surface area contributed by atoms with Gasteiger partial charge in [-0.2, -0.15) is 0 Å². The van der Waals surface area contributed by atoms with Crippen LogP contribution < -0.4 is 4.74 Å². The van der Waals surface area contributed by atoms with Gasteiger partial charge in [0.25, 0.3) is 0 Å². The van der Waals surface area contributed by atoms with Crippen LogP contribution in [-0.2, 0) is 0 Å². The molecular formula is C15H16IN3O3. The van der Waals surface area contributed by atoms with Crippen molar-refractivity contribution in [3.05, 3.63) is 41.2 Å². The number of benzene rings is 1. The Labute approximate surface area is 142 Å². The average Bonchev–Trinajstić information content (AvgIpc) is 2.52. The summed E-state index contributed by atoms with van der Waals surface area (Å²) in [5, 5.41) is 27.0. The van der Waals surface area contributed by atoms with Gasteiger partial charge in [-0.1, -0.05) is 28.1 Å². The van der Waals surface area contributed by atoms with E-state index in [2.05, 4.69) is 20.1 Å². The first kappa shape index (κ1) is 18.0. The van der Waals surface area contributed by atoms with Crippen LogP contribution >= 0.6 is 22.6 Å². The summed E-state index contributed by atoms with van der Waals surface area (Å²) in [4.78, 5) is 0.439. The number of hydrogen-bond acceptors (Lipinski definition) is 5. The largest absolute Gasteiger partial charge is 0.595 e. The van der Waals surface area contributed by atoms with Gasteiger partial charge in [0.2, 0.25) is 6.20 Å². The van der Waals surface area contributed by atoms with E-state index in [4.69, 9.17) is 9.94 Å². The molecule has 1 aromatic rings. The Bertz CT molecular complexity index is 645. The molecule has 116 valence electrons. The molecule has 0 bridgehead atoms. The van der Waals surface area contributed by atoms with Crippen LogP contribution in [-0.4, -0.2) is 28.4 Å². The minimum Gasteiger partial charge on any atom is -0.595 e. The predicted molar refractivity (Wildman–Crippen MR) is 93.2 cm³/mol. The summed E-state index contributed by atoms with van der Waals surface area (Å²) in [7, 11) is 0. The van der Waals surface area contributed by atoms with Crippen molar-refractivity contribution < 1.29 is 14.8 Å². The zero-order valence-electron chi connectivity index (χ0n) is 12.2. The number of ether oxygens (including phenoxy) is 1. The lowest BCUT2D eigenvalue weighted by Gasteiger charge is -2.03. The van der Waals surface area contributed by atoms with Crippen molar-refractivity contribution in [2.24, 2.45) is 10.3 Å². The summed E-state index contributed by atoms with van der Waals surface area (Å²) in [6.45, 7) is 3.57. The van der Waals surface area contributed by atoms with Crippen LogP contribution in [0.25, 0.3) is 6.08 Å². The number of nitrogens with zero attached hydrogens (tertiary/aromatic N) is 3. The minimum atomic E-state index is -0.492. The van der Waals surface area contributed by atoms with Gasteiger partial charge in [0, 0.05) is 28.7 Å². The van der Waals surface area contributed by atoms with Gasteiger partial charge in [-0.05, 0) is 40.6 Å². The Morgan fingerprint density at radius 2 is 2.36 bits per heavy atom. The third-order valence-electron chi connectivity index (χ3n) is 2.68. The summed E-state index contributed by atoms with van der Waals surface area (Å²) < 4.78 is 8.15. The molecule has 0 fully saturated rings. The van der Waals surface area contributed by atoms with E-state index in [1.165, 1.54) is 6.20 Å². The van der Waals surface area contributed by atoms with Gasteiger partial charge in [0.15, 0.2) is 6.04 Å². The van der Waals surface area contributed by atoms with Gasteiger partial charge in [-0.3, -0.25) is 0 Å². The molecule has 7 heteroatoms. The number of oxime groups is 1. The fourth-order valence-corrected chi connectivity index (χ4v) is 1.54. The first-order chi connectivity index (χ1) is 10.6. The normalized spacial score (nSPS) is 13.6. The highest BCUT2D eigenvalue weighted by Crippen LogP contribution is 2.14. The summed E-state index contributed by atoms with van der Waals surface area (Å²) in [6.07, 6.45) is 2.90. The first-order valence-electron chi connectivity index (χ1n) is 6.42. The molecule has 1 rings (SSSR count). The number of hydrogen-bond donors (Lipinski definition) is 1. The molecule has 0 saturated carbocycles. The van der Waals surface area contributed by atoms with Crippen LogP contribution in [0.1, 0.15) is 19.4 Å². The molecule has 0 aliphatic rings. The Morgan fingerprint density at radius 1 is 1.59 bits per heavy atom. The Hall–Kier alpha value is -2.08. The Balaban J connectivity index is 2.74. The summed E-state index contributed by atoms with van der Waals surface area (Å²) in [6, 6.07) is 6.78. The lowest BCUT2D eigenvalue weighted by molar-refractivity contribution is -0.459. The van der Waals surface area contributed by atoms with Gasteiger partial charge < -0.3 is 15.2 Å². The Morgan fingerprint density at radius 3 is 3.05 bits per heavy atom. The molecule has 22 heavy (non-hydrogen) atoms. The van der Waals surface area contributed by atoms with Crippen molar-refractivity contribution in [1.29, 1.82) is 0 Å². The molecule has 0 aromatic heterocycles. The number of hydroxylamine groups is 1. The van der Waals surface area contributed by atoms with Gasteiger partial charge in [-0.15, -0.1) is 0 Å². The van der Waals surface area contributed by atoms with Gasteiger partial charge >= 0.3 is 0 Å². The quantitative estimate of drug-likeness (QED) is 0.147. The second-order valence-corrected chi connectivity index (χ2v) is 4.82. The molecule has 0 amide bonds. The molecule has 0 saturated heterocycles. The van der Waals surface area contributed by atoms with Crippen molar-refractivity contribution in [1.82, 2.24) is 0 Å². The van der Waals surface area contributed by atoms with E-state index in [-0.39, 0.29) is 0 Å². The fourth-order valence-electron chi connectivity index (χ4n) is 1.38. The molecule has 0 radical (unpaired) electrons. The maximum absolute atomic E-state index is 11.6. The predicted octanol–water partition coefficient (Wildman–Crippen LogP) is 3.63. The van der Waals surface area contributed by atoms with E-state index < -0.39 is 6.04 Å². The smallest absolute Gasteiger partial charge is 0.210 e. The maximum atomic E-state index is 11.6. The number of azo groups is 1. The zero-order chi connectivity index (χ0) is 16.4. The van der Waals surface area contributed by atoms with Crippen molar-refractivity contribution in [2.45, 2.75) is 19.9 Å². The maximum Gasteiger partial charge on any atom is 0.210 e. The van der Waals surface area contributed by atoms with Gasteiger partial charge in [-0.25, -0.2) is 0 Å². The molecule has 1 aromatic carbocycles. The molecule has 0 aliphatic heterocycles. The van der Waals surface area contributed by atoms with Crippen LogP contribution in [0.2, 0.25) is 0 Å². The van der Waals surface area contributed by atoms with Crippen LogP contribution in [0, 0.1) is 15.1 Å². The lowest BCUT2D eigenvalue weighted by atomic mass is 10.2. The standard InChI is InChI=1S/C15H16IN3O3/c1-12(13(2)18-20)17-19(21)9-7-14-5-3-6-15(11-14)22-10-4-8-16/h3,5-7,9,11-12,20H,10H2,1-2H3/b9-7+,18-13+,19-17?. The SMILES string of the molecule is C/C(=N\O)C(C)N=[N+]([O-])/C=C/c1cccc(OCC#CI)c1. The minimum absolute atomic E-state index is 0.316. The van der Waals surface area contributed by atoms with Crippen LogP contribution in [0.4, 0.5) is 0 Å². The van der Waals surface area contributed by atoms with E-state index in [1.54, 1.807) is 26.0 Å². The highest BCUT2D eigenvalue weighted by atomic mass is 127. The van der Waals surface area contributed by atoms with Crippen LogP contribution in [0.3, 0.4) is 0 Å². The van der Waals surface area contributed by atoms with Crippen molar-refractivity contribution in [3.63, 3.8) is 0 Å². The topological polar surface area (TPSA) is 80.2 Å². The fraction of sp³-hybridized carbons (Fsp3) is 0.267. The van der Waals surface area contributed by atoms with Crippen molar-refractivity contribution in [3.8, 4) is 15.6 Å². The monoisotopic (exact) mass is 413 g/mol. The second-order valence-electron chi connectivity index (χ2n) is 4.28. The molecule has 0 heterocycles. The molecule has 6 nitrogen and oxygen atoms in total. The third kappa shape index (κ3) is 6.58. The third-order valence-corrected chi connectivity index (χ3v) is 3.06. The molecule has 1 unspecified atom stereocenters. The van der Waals surface area contributed by atoms with E-state index >= 15 is 0 Å². The van der Waals surface area contributed by atoms with Crippen molar-refractivity contribution in [2.75, 3.05) is 6.61 Å². The lowest BCUT2D eigenvalue weighted by Crippen LogP contribution is -2.12. The second kappa shape index (κ2) is 9.78.